The molecule has 0 aliphatic carbocycles. The minimum absolute atomic E-state index is 0.616. The van der Waals surface area contributed by atoms with E-state index in [1.54, 1.807) is 0 Å². The molecule has 0 aliphatic heterocycles. The van der Waals surface area contributed by atoms with E-state index in [0.717, 1.165) is 35.5 Å². The van der Waals surface area contributed by atoms with Gasteiger partial charge in [-0.3, -0.25) is 0 Å². The maximum Gasteiger partial charge on any atom is 0.108 e. The topological polar surface area (TPSA) is 57.9 Å². The van der Waals surface area contributed by atoms with Gasteiger partial charge in [0.05, 0.1) is 11.0 Å². The van der Waals surface area contributed by atoms with Gasteiger partial charge in [-0.05, 0) is 38.6 Å². The van der Waals surface area contributed by atoms with Crippen molar-refractivity contribution in [1.29, 1.82) is 0 Å². The smallest absolute Gasteiger partial charge is 0.108 e. The van der Waals surface area contributed by atoms with Crippen LogP contribution in [0.4, 0.5) is 5.69 Å². The molecule has 0 radical (unpaired) electrons. The van der Waals surface area contributed by atoms with E-state index < -0.39 is 0 Å². The van der Waals surface area contributed by atoms with Crippen LogP contribution in [0.1, 0.15) is 26.1 Å². The average molecular weight is 246 g/mol. The maximum absolute atomic E-state index is 5.76. The van der Waals surface area contributed by atoms with Crippen LogP contribution in [0.5, 0.6) is 0 Å². The van der Waals surface area contributed by atoms with Crippen LogP contribution in [0.25, 0.3) is 11.0 Å². The second kappa shape index (κ2) is 5.40. The number of fused-ring (bicyclic) bond motifs is 1. The molecule has 0 amide bonds. The molecule has 0 fully saturated rings. The van der Waals surface area contributed by atoms with Crippen LogP contribution in [0.15, 0.2) is 18.2 Å². The van der Waals surface area contributed by atoms with Gasteiger partial charge in [0.1, 0.15) is 5.82 Å². The van der Waals surface area contributed by atoms with Crippen LogP contribution in [-0.4, -0.2) is 34.5 Å². The zero-order valence-electron chi connectivity index (χ0n) is 11.4. The van der Waals surface area contributed by atoms with Crippen LogP contribution >= 0.6 is 0 Å². The number of hydrogen-bond acceptors (Lipinski definition) is 3. The molecular weight excluding hydrogens is 224 g/mol. The highest BCUT2D eigenvalue weighted by atomic mass is 15.1. The van der Waals surface area contributed by atoms with Crippen molar-refractivity contribution in [3.63, 3.8) is 0 Å². The number of rotatable bonds is 5. The van der Waals surface area contributed by atoms with Crippen LogP contribution < -0.4 is 5.73 Å². The highest BCUT2D eigenvalue weighted by Gasteiger charge is 2.08. The van der Waals surface area contributed by atoms with E-state index in [2.05, 4.69) is 35.8 Å². The van der Waals surface area contributed by atoms with E-state index in [9.17, 15) is 0 Å². The number of hydrogen-bond donors (Lipinski definition) is 2. The molecule has 0 spiro atoms. The number of H-pyrrole nitrogens is 1. The number of aromatic nitrogens is 2. The summed E-state index contributed by atoms with van der Waals surface area (Å²) in [6.07, 6.45) is 2.11. The zero-order valence-corrected chi connectivity index (χ0v) is 11.4. The molecule has 4 heteroatoms. The Morgan fingerprint density at radius 1 is 1.44 bits per heavy atom. The lowest BCUT2D eigenvalue weighted by molar-refractivity contribution is 0.254. The fourth-order valence-electron chi connectivity index (χ4n) is 2.01. The predicted octanol–water partition coefficient (Wildman–Crippen LogP) is 2.42. The summed E-state index contributed by atoms with van der Waals surface area (Å²) in [7, 11) is 2.16. The first-order valence-electron chi connectivity index (χ1n) is 6.54. The summed E-state index contributed by atoms with van der Waals surface area (Å²) in [6, 6.07) is 6.40. The Labute approximate surface area is 108 Å². The molecule has 0 bridgehead atoms. The Bertz CT molecular complexity index is 517. The quantitative estimate of drug-likeness (QED) is 0.797. The van der Waals surface area contributed by atoms with Crippen molar-refractivity contribution in [2.24, 2.45) is 0 Å². The number of likely N-dealkylation sites (N-methyl/N-ethyl adjacent to an activating group) is 1. The van der Waals surface area contributed by atoms with Crippen molar-refractivity contribution in [2.75, 3.05) is 19.3 Å². The van der Waals surface area contributed by atoms with Gasteiger partial charge in [0.15, 0.2) is 0 Å². The lowest BCUT2D eigenvalue weighted by Crippen LogP contribution is -2.30. The normalized spacial score (nSPS) is 13.3. The summed E-state index contributed by atoms with van der Waals surface area (Å²) in [5.74, 6) is 1.03. The molecule has 0 saturated carbocycles. The van der Waals surface area contributed by atoms with Gasteiger partial charge in [0.25, 0.3) is 0 Å². The van der Waals surface area contributed by atoms with Gasteiger partial charge in [-0.2, -0.15) is 0 Å². The van der Waals surface area contributed by atoms with Crippen molar-refractivity contribution >= 4 is 16.7 Å². The van der Waals surface area contributed by atoms with Gasteiger partial charge >= 0.3 is 0 Å². The van der Waals surface area contributed by atoms with Crippen molar-refractivity contribution in [3.05, 3.63) is 24.0 Å². The molecule has 1 heterocycles. The zero-order chi connectivity index (χ0) is 13.1. The molecule has 4 nitrogen and oxygen atoms in total. The summed E-state index contributed by atoms with van der Waals surface area (Å²) in [6.45, 7) is 5.48. The number of benzene rings is 1. The third kappa shape index (κ3) is 2.82. The van der Waals surface area contributed by atoms with E-state index in [1.807, 2.05) is 18.2 Å². The Kier molecular flexibility index (Phi) is 3.87. The Hall–Kier alpha value is -1.55. The minimum Gasteiger partial charge on any atom is -0.399 e. The lowest BCUT2D eigenvalue weighted by atomic mass is 10.2. The molecule has 0 saturated heterocycles. The monoisotopic (exact) mass is 246 g/mol. The molecule has 1 aromatic heterocycles. The van der Waals surface area contributed by atoms with Gasteiger partial charge in [0, 0.05) is 24.7 Å². The van der Waals surface area contributed by atoms with Gasteiger partial charge in [-0.15, -0.1) is 0 Å². The fraction of sp³-hybridized carbons (Fsp3) is 0.500. The standard InChI is InChI=1S/C14H22N4/c1-4-10(2)18(3)8-7-14-16-12-6-5-11(15)9-13(12)17-14/h5-6,9-10H,4,7-8,15H2,1-3H3,(H,16,17). The van der Waals surface area contributed by atoms with Crippen LogP contribution in [0, 0.1) is 0 Å². The Morgan fingerprint density at radius 3 is 2.94 bits per heavy atom. The van der Waals surface area contributed by atoms with Crippen LogP contribution in [0.2, 0.25) is 0 Å². The SMILES string of the molecule is CCC(C)N(C)CCc1nc2ccc(N)cc2[nH]1. The molecule has 0 aliphatic rings. The molecular formula is C14H22N4. The fourth-order valence-corrected chi connectivity index (χ4v) is 2.01. The Morgan fingerprint density at radius 2 is 2.22 bits per heavy atom. The summed E-state index contributed by atoms with van der Waals surface area (Å²) in [5, 5.41) is 0. The first-order chi connectivity index (χ1) is 8.60. The second-order valence-corrected chi connectivity index (χ2v) is 4.95. The van der Waals surface area contributed by atoms with Gasteiger partial charge in [-0.1, -0.05) is 6.92 Å². The van der Waals surface area contributed by atoms with Crippen LogP contribution in [-0.2, 0) is 6.42 Å². The van der Waals surface area contributed by atoms with Crippen molar-refractivity contribution in [2.45, 2.75) is 32.7 Å². The average Bonchev–Trinajstić information content (AvgIpc) is 2.76. The molecule has 2 rings (SSSR count). The van der Waals surface area contributed by atoms with Crippen molar-refractivity contribution in [3.8, 4) is 0 Å². The van der Waals surface area contributed by atoms with Gasteiger partial charge in [-0.25, -0.2) is 4.98 Å². The molecule has 3 N–H and O–H groups in total. The Balaban J connectivity index is 2.04. The van der Waals surface area contributed by atoms with Gasteiger partial charge in [0.2, 0.25) is 0 Å². The number of imidazole rings is 1. The molecule has 1 aromatic carbocycles. The number of anilines is 1. The van der Waals surface area contributed by atoms with Crippen molar-refractivity contribution in [1.82, 2.24) is 14.9 Å². The first kappa shape index (κ1) is 12.9. The molecule has 1 unspecified atom stereocenters. The van der Waals surface area contributed by atoms with Crippen LogP contribution in [0.3, 0.4) is 0 Å². The summed E-state index contributed by atoms with van der Waals surface area (Å²) in [5.41, 5.74) is 8.55. The minimum atomic E-state index is 0.616. The number of nitrogen functional groups attached to an aromatic ring is 1. The molecule has 18 heavy (non-hydrogen) atoms. The van der Waals surface area contributed by atoms with E-state index in [4.69, 9.17) is 5.73 Å². The highest BCUT2D eigenvalue weighted by Crippen LogP contribution is 2.15. The van der Waals surface area contributed by atoms with Crippen molar-refractivity contribution < 1.29 is 0 Å². The lowest BCUT2D eigenvalue weighted by Gasteiger charge is -2.22. The molecule has 98 valence electrons. The van der Waals surface area contributed by atoms with E-state index in [1.165, 1.54) is 6.42 Å². The third-order valence-corrected chi connectivity index (χ3v) is 3.60. The first-order valence-corrected chi connectivity index (χ1v) is 6.54. The molecule has 2 aromatic rings. The van der Waals surface area contributed by atoms with E-state index in [-0.39, 0.29) is 0 Å². The summed E-state index contributed by atoms with van der Waals surface area (Å²) >= 11 is 0. The number of nitrogens with zero attached hydrogens (tertiary/aromatic N) is 2. The summed E-state index contributed by atoms with van der Waals surface area (Å²) < 4.78 is 0. The number of nitrogens with two attached hydrogens (primary N) is 1. The van der Waals surface area contributed by atoms with E-state index >= 15 is 0 Å². The van der Waals surface area contributed by atoms with E-state index in [0.29, 0.717) is 6.04 Å². The van der Waals surface area contributed by atoms with Gasteiger partial charge < -0.3 is 15.6 Å². The molecule has 1 atom stereocenters. The predicted molar refractivity (Wildman–Crippen MR) is 76.6 cm³/mol. The number of aromatic amines is 1. The maximum atomic E-state index is 5.76. The summed E-state index contributed by atoms with van der Waals surface area (Å²) in [4.78, 5) is 10.3. The second-order valence-electron chi connectivity index (χ2n) is 4.95. The highest BCUT2D eigenvalue weighted by molar-refractivity contribution is 5.78. The number of nitrogens with one attached hydrogen (secondary N) is 1. The third-order valence-electron chi connectivity index (χ3n) is 3.60. The largest absolute Gasteiger partial charge is 0.399 e.